The Morgan fingerprint density at radius 2 is 1.60 bits per heavy atom. The van der Waals surface area contributed by atoms with Crippen LogP contribution in [0, 0.1) is 6.92 Å². The van der Waals surface area contributed by atoms with Crippen LogP contribution in [0.4, 0.5) is 0 Å². The maximum atomic E-state index is 2.31. The van der Waals surface area contributed by atoms with E-state index in [1.807, 2.05) is 0 Å². The maximum absolute atomic E-state index is 2.31. The Morgan fingerprint density at radius 1 is 0.933 bits per heavy atom. The second-order valence-corrected chi connectivity index (χ2v) is 4.08. The third-order valence-electron chi connectivity index (χ3n) is 3.21. The van der Waals surface area contributed by atoms with E-state index in [1.165, 1.54) is 27.5 Å². The summed E-state index contributed by atoms with van der Waals surface area (Å²) in [7, 11) is 0. The number of fused-ring (bicyclic) bond motifs is 1. The Labute approximate surface area is 91.9 Å². The van der Waals surface area contributed by atoms with Gasteiger partial charge in [0.05, 0.1) is 0 Å². The summed E-state index contributed by atoms with van der Waals surface area (Å²) in [6.07, 6.45) is 2.27. The highest BCUT2D eigenvalue weighted by molar-refractivity contribution is 5.87. The second kappa shape index (κ2) is 4.06. The lowest BCUT2D eigenvalue weighted by Crippen LogP contribution is -1.96. The summed E-state index contributed by atoms with van der Waals surface area (Å²) >= 11 is 0. The van der Waals surface area contributed by atoms with Crippen LogP contribution in [-0.2, 0) is 12.8 Å². The van der Waals surface area contributed by atoms with Crippen molar-refractivity contribution >= 4 is 10.8 Å². The molecule has 0 radical (unpaired) electrons. The van der Waals surface area contributed by atoms with Crippen LogP contribution in [0.15, 0.2) is 30.3 Å². The molecule has 0 bridgehead atoms. The molecule has 0 fully saturated rings. The van der Waals surface area contributed by atoms with Crippen molar-refractivity contribution in [1.82, 2.24) is 0 Å². The molecule has 78 valence electrons. The predicted molar refractivity (Wildman–Crippen MR) is 67.4 cm³/mol. The molecular formula is C15H18. The lowest BCUT2D eigenvalue weighted by Gasteiger charge is -2.13. The van der Waals surface area contributed by atoms with Crippen LogP contribution in [0.1, 0.15) is 30.5 Å². The normalized spacial score (nSPS) is 10.9. The summed E-state index contributed by atoms with van der Waals surface area (Å²) in [6.45, 7) is 6.72. The predicted octanol–water partition coefficient (Wildman–Crippen LogP) is 4.27. The van der Waals surface area contributed by atoms with E-state index in [9.17, 15) is 0 Å². The summed E-state index contributed by atoms with van der Waals surface area (Å²) in [5, 5.41) is 2.81. The zero-order valence-electron chi connectivity index (χ0n) is 9.80. The summed E-state index contributed by atoms with van der Waals surface area (Å²) in [5.41, 5.74) is 4.51. The summed E-state index contributed by atoms with van der Waals surface area (Å²) in [6, 6.07) is 11.0. The van der Waals surface area contributed by atoms with E-state index in [-0.39, 0.29) is 0 Å². The van der Waals surface area contributed by atoms with Gasteiger partial charge in [0.1, 0.15) is 0 Å². The topological polar surface area (TPSA) is 0 Å². The van der Waals surface area contributed by atoms with Crippen molar-refractivity contribution in [3.63, 3.8) is 0 Å². The van der Waals surface area contributed by atoms with E-state index in [2.05, 4.69) is 51.1 Å². The molecule has 2 aromatic rings. The highest BCUT2D eigenvalue weighted by Gasteiger charge is 2.07. The Kier molecular flexibility index (Phi) is 2.77. The molecule has 0 aliphatic rings. The summed E-state index contributed by atoms with van der Waals surface area (Å²) < 4.78 is 0. The molecule has 0 unspecified atom stereocenters. The second-order valence-electron chi connectivity index (χ2n) is 4.08. The van der Waals surface area contributed by atoms with E-state index in [4.69, 9.17) is 0 Å². The molecule has 15 heavy (non-hydrogen) atoms. The highest BCUT2D eigenvalue weighted by Crippen LogP contribution is 2.26. The Bertz CT molecular complexity index is 481. The van der Waals surface area contributed by atoms with Crippen molar-refractivity contribution < 1.29 is 0 Å². The molecular weight excluding hydrogens is 180 g/mol. The third-order valence-corrected chi connectivity index (χ3v) is 3.21. The standard InChI is InChI=1S/C15H18/c1-4-13-11(3)10-12-8-6-7-9-15(12)14(13)5-2/h6-10H,4-5H2,1-3H3. The van der Waals surface area contributed by atoms with Gasteiger partial charge in [-0.05, 0) is 47.2 Å². The number of rotatable bonds is 2. The van der Waals surface area contributed by atoms with Gasteiger partial charge in [0, 0.05) is 0 Å². The van der Waals surface area contributed by atoms with Crippen LogP contribution in [0.5, 0.6) is 0 Å². The Morgan fingerprint density at radius 3 is 2.27 bits per heavy atom. The van der Waals surface area contributed by atoms with Gasteiger partial charge in [-0.2, -0.15) is 0 Å². The van der Waals surface area contributed by atoms with Crippen molar-refractivity contribution in [2.75, 3.05) is 0 Å². The minimum atomic E-state index is 1.13. The SMILES string of the molecule is CCc1c(C)cc2ccccc2c1CC. The van der Waals surface area contributed by atoms with Crippen molar-refractivity contribution in [2.45, 2.75) is 33.6 Å². The molecule has 0 saturated heterocycles. The molecule has 0 heterocycles. The monoisotopic (exact) mass is 198 g/mol. The molecule has 0 saturated carbocycles. The molecule has 0 nitrogen and oxygen atoms in total. The molecule has 0 aliphatic carbocycles. The molecule has 0 atom stereocenters. The lowest BCUT2D eigenvalue weighted by atomic mass is 9.92. The van der Waals surface area contributed by atoms with E-state index in [1.54, 1.807) is 0 Å². The molecule has 0 heteroatoms. The number of hydrogen-bond acceptors (Lipinski definition) is 0. The zero-order valence-corrected chi connectivity index (χ0v) is 9.80. The van der Waals surface area contributed by atoms with Crippen LogP contribution in [0.25, 0.3) is 10.8 Å². The Hall–Kier alpha value is -1.30. The van der Waals surface area contributed by atoms with Gasteiger partial charge in [-0.3, -0.25) is 0 Å². The van der Waals surface area contributed by atoms with Crippen LogP contribution < -0.4 is 0 Å². The van der Waals surface area contributed by atoms with Gasteiger partial charge >= 0.3 is 0 Å². The maximum Gasteiger partial charge on any atom is -0.0149 e. The van der Waals surface area contributed by atoms with Crippen molar-refractivity contribution in [2.24, 2.45) is 0 Å². The zero-order chi connectivity index (χ0) is 10.8. The minimum absolute atomic E-state index is 1.13. The molecule has 0 spiro atoms. The van der Waals surface area contributed by atoms with E-state index in [0.29, 0.717) is 0 Å². The summed E-state index contributed by atoms with van der Waals surface area (Å²) in [4.78, 5) is 0. The highest BCUT2D eigenvalue weighted by atomic mass is 14.1. The van der Waals surface area contributed by atoms with Gasteiger partial charge in [-0.25, -0.2) is 0 Å². The number of aryl methyl sites for hydroxylation is 2. The first-order valence-electron chi connectivity index (χ1n) is 5.78. The molecule has 2 aromatic carbocycles. The van der Waals surface area contributed by atoms with E-state index < -0.39 is 0 Å². The number of hydrogen-bond donors (Lipinski definition) is 0. The van der Waals surface area contributed by atoms with Crippen molar-refractivity contribution in [3.8, 4) is 0 Å². The average Bonchev–Trinajstić information content (AvgIpc) is 2.27. The molecule has 0 N–H and O–H groups in total. The fourth-order valence-electron chi connectivity index (χ4n) is 2.51. The van der Waals surface area contributed by atoms with Crippen LogP contribution in [-0.4, -0.2) is 0 Å². The average molecular weight is 198 g/mol. The van der Waals surface area contributed by atoms with Crippen LogP contribution >= 0.6 is 0 Å². The molecule has 0 amide bonds. The first-order chi connectivity index (χ1) is 7.27. The van der Waals surface area contributed by atoms with Gasteiger partial charge in [0.2, 0.25) is 0 Å². The van der Waals surface area contributed by atoms with E-state index >= 15 is 0 Å². The fourth-order valence-corrected chi connectivity index (χ4v) is 2.51. The van der Waals surface area contributed by atoms with Gasteiger partial charge in [0.25, 0.3) is 0 Å². The van der Waals surface area contributed by atoms with Gasteiger partial charge < -0.3 is 0 Å². The van der Waals surface area contributed by atoms with Crippen LogP contribution in [0.2, 0.25) is 0 Å². The summed E-state index contributed by atoms with van der Waals surface area (Å²) in [5.74, 6) is 0. The number of benzene rings is 2. The smallest absolute Gasteiger partial charge is 0.0149 e. The van der Waals surface area contributed by atoms with Gasteiger partial charge in [-0.1, -0.05) is 44.2 Å². The quantitative estimate of drug-likeness (QED) is 0.676. The molecule has 0 aromatic heterocycles. The van der Waals surface area contributed by atoms with Gasteiger partial charge in [0.15, 0.2) is 0 Å². The first-order valence-corrected chi connectivity index (χ1v) is 5.78. The minimum Gasteiger partial charge on any atom is -0.0616 e. The Balaban J connectivity index is 2.84. The fraction of sp³-hybridized carbons (Fsp3) is 0.333. The van der Waals surface area contributed by atoms with Crippen molar-refractivity contribution in [1.29, 1.82) is 0 Å². The lowest BCUT2D eigenvalue weighted by molar-refractivity contribution is 1.03. The molecule has 0 aliphatic heterocycles. The molecule has 2 rings (SSSR count). The van der Waals surface area contributed by atoms with Crippen LogP contribution in [0.3, 0.4) is 0 Å². The largest absolute Gasteiger partial charge is 0.0616 e. The first kappa shape index (κ1) is 10.2. The van der Waals surface area contributed by atoms with Crippen molar-refractivity contribution in [3.05, 3.63) is 47.0 Å². The third kappa shape index (κ3) is 1.65. The van der Waals surface area contributed by atoms with E-state index in [0.717, 1.165) is 12.8 Å². The van der Waals surface area contributed by atoms with Gasteiger partial charge in [-0.15, -0.1) is 0 Å².